The summed E-state index contributed by atoms with van der Waals surface area (Å²) in [5.74, 6) is 0.580. The molecule has 0 amide bonds. The summed E-state index contributed by atoms with van der Waals surface area (Å²) in [5, 5.41) is 14.3. The summed E-state index contributed by atoms with van der Waals surface area (Å²) in [6.07, 6.45) is 3.07. The molecule has 1 fully saturated rings. The summed E-state index contributed by atoms with van der Waals surface area (Å²) >= 11 is 0. The third-order valence-electron chi connectivity index (χ3n) is 3.53. The van der Waals surface area contributed by atoms with Crippen LogP contribution in [0.3, 0.4) is 0 Å². The summed E-state index contributed by atoms with van der Waals surface area (Å²) < 4.78 is 0. The van der Waals surface area contributed by atoms with E-state index in [4.69, 9.17) is 0 Å². The first-order valence-corrected chi connectivity index (χ1v) is 6.12. The Kier molecular flexibility index (Phi) is 3.74. The summed E-state index contributed by atoms with van der Waals surface area (Å²) in [6.45, 7) is 4.03. The van der Waals surface area contributed by atoms with Crippen LogP contribution in [0.2, 0.25) is 0 Å². The molecule has 92 valence electrons. The molecule has 0 aliphatic carbocycles. The van der Waals surface area contributed by atoms with Gasteiger partial charge in [0, 0.05) is 11.6 Å². The fraction of sp³-hybridized carbons (Fsp3) is 0.538. The van der Waals surface area contributed by atoms with E-state index in [0.717, 1.165) is 43.5 Å². The topological polar surface area (TPSA) is 55.2 Å². The molecule has 1 aromatic carbocycles. The highest BCUT2D eigenvalue weighted by atomic mass is 16.6. The number of hydrogen-bond acceptors (Lipinski definition) is 3. The lowest BCUT2D eigenvalue weighted by molar-refractivity contribution is -0.385. The van der Waals surface area contributed by atoms with Crippen LogP contribution in [-0.4, -0.2) is 18.0 Å². The molecule has 1 N–H and O–H groups in total. The van der Waals surface area contributed by atoms with Gasteiger partial charge in [-0.1, -0.05) is 12.1 Å². The lowest BCUT2D eigenvalue weighted by atomic mass is 9.88. The Balaban J connectivity index is 2.21. The number of nitrogens with one attached hydrogen (secondary N) is 1. The van der Waals surface area contributed by atoms with Gasteiger partial charge >= 0.3 is 0 Å². The Labute approximate surface area is 101 Å². The van der Waals surface area contributed by atoms with E-state index in [1.807, 2.05) is 13.0 Å². The first kappa shape index (κ1) is 12.0. The van der Waals surface area contributed by atoms with Crippen molar-refractivity contribution >= 4 is 5.69 Å². The van der Waals surface area contributed by atoms with Crippen LogP contribution in [0.15, 0.2) is 18.2 Å². The monoisotopic (exact) mass is 234 g/mol. The summed E-state index contributed by atoms with van der Waals surface area (Å²) in [6, 6.07) is 5.34. The molecule has 17 heavy (non-hydrogen) atoms. The minimum Gasteiger partial charge on any atom is -0.317 e. The number of piperidine rings is 1. The second-order valence-corrected chi connectivity index (χ2v) is 4.73. The van der Waals surface area contributed by atoms with Gasteiger partial charge in [-0.25, -0.2) is 0 Å². The van der Waals surface area contributed by atoms with E-state index < -0.39 is 0 Å². The van der Waals surface area contributed by atoms with E-state index >= 15 is 0 Å². The number of nitro benzene ring substituents is 1. The van der Waals surface area contributed by atoms with Gasteiger partial charge in [0.05, 0.1) is 4.92 Å². The number of benzene rings is 1. The Hall–Kier alpha value is -1.42. The molecule has 0 bridgehead atoms. The van der Waals surface area contributed by atoms with Gasteiger partial charge in [0.15, 0.2) is 0 Å². The molecule has 4 heteroatoms. The fourth-order valence-electron chi connectivity index (χ4n) is 2.50. The van der Waals surface area contributed by atoms with Crippen molar-refractivity contribution in [1.29, 1.82) is 0 Å². The molecule has 2 rings (SSSR count). The lowest BCUT2D eigenvalue weighted by Gasteiger charge is -2.23. The minimum atomic E-state index is -0.261. The molecule has 1 heterocycles. The second kappa shape index (κ2) is 5.27. The quantitative estimate of drug-likeness (QED) is 0.645. The molecule has 0 radical (unpaired) electrons. The second-order valence-electron chi connectivity index (χ2n) is 4.73. The van der Waals surface area contributed by atoms with Crippen LogP contribution in [0, 0.1) is 23.0 Å². The van der Waals surface area contributed by atoms with E-state index in [0.29, 0.717) is 5.92 Å². The zero-order valence-corrected chi connectivity index (χ0v) is 10.1. The average molecular weight is 234 g/mol. The predicted octanol–water partition coefficient (Wildman–Crippen LogP) is 2.45. The van der Waals surface area contributed by atoms with Crippen molar-refractivity contribution in [2.24, 2.45) is 5.92 Å². The van der Waals surface area contributed by atoms with Gasteiger partial charge in [0.1, 0.15) is 0 Å². The van der Waals surface area contributed by atoms with Crippen LogP contribution in [0.4, 0.5) is 5.69 Å². The zero-order chi connectivity index (χ0) is 12.3. The van der Waals surface area contributed by atoms with E-state index in [2.05, 4.69) is 5.32 Å². The predicted molar refractivity (Wildman–Crippen MR) is 67.1 cm³/mol. The molecule has 1 saturated heterocycles. The maximum absolute atomic E-state index is 11.0. The summed E-state index contributed by atoms with van der Waals surface area (Å²) in [4.78, 5) is 10.7. The molecule has 1 aliphatic heterocycles. The summed E-state index contributed by atoms with van der Waals surface area (Å²) in [5.41, 5.74) is 2.24. The highest BCUT2D eigenvalue weighted by Crippen LogP contribution is 2.27. The number of nitro groups is 1. The normalized spacial score (nSPS) is 17.0. The Morgan fingerprint density at radius 3 is 2.76 bits per heavy atom. The van der Waals surface area contributed by atoms with Crippen LogP contribution < -0.4 is 5.32 Å². The fourth-order valence-corrected chi connectivity index (χ4v) is 2.50. The number of nitrogens with zero attached hydrogens (tertiary/aromatic N) is 1. The van der Waals surface area contributed by atoms with E-state index in [1.54, 1.807) is 12.1 Å². The van der Waals surface area contributed by atoms with Crippen molar-refractivity contribution < 1.29 is 4.92 Å². The van der Waals surface area contributed by atoms with Gasteiger partial charge in [0.2, 0.25) is 0 Å². The SMILES string of the molecule is Cc1cccc([N+](=O)[O-])c1CC1CCNCC1. The smallest absolute Gasteiger partial charge is 0.272 e. The third-order valence-corrected chi connectivity index (χ3v) is 3.53. The first-order chi connectivity index (χ1) is 8.18. The highest BCUT2D eigenvalue weighted by Gasteiger charge is 2.20. The van der Waals surface area contributed by atoms with Gasteiger partial charge in [-0.05, 0) is 50.8 Å². The van der Waals surface area contributed by atoms with Crippen LogP contribution in [0.1, 0.15) is 24.0 Å². The third kappa shape index (κ3) is 2.82. The Bertz CT molecular complexity index is 412. The van der Waals surface area contributed by atoms with Crippen molar-refractivity contribution in [2.75, 3.05) is 13.1 Å². The van der Waals surface area contributed by atoms with Gasteiger partial charge in [-0.15, -0.1) is 0 Å². The van der Waals surface area contributed by atoms with E-state index in [1.165, 1.54) is 0 Å². The molecule has 0 aromatic heterocycles. The molecule has 0 spiro atoms. The average Bonchev–Trinajstić information content (AvgIpc) is 2.33. The molecule has 0 atom stereocenters. The van der Waals surface area contributed by atoms with Gasteiger partial charge in [0.25, 0.3) is 5.69 Å². The number of rotatable bonds is 3. The highest BCUT2D eigenvalue weighted by molar-refractivity contribution is 5.45. The minimum absolute atomic E-state index is 0.261. The van der Waals surface area contributed by atoms with Crippen molar-refractivity contribution in [3.8, 4) is 0 Å². The van der Waals surface area contributed by atoms with E-state index in [-0.39, 0.29) is 10.6 Å². The summed E-state index contributed by atoms with van der Waals surface area (Å²) in [7, 11) is 0. The first-order valence-electron chi connectivity index (χ1n) is 6.12. The van der Waals surface area contributed by atoms with Crippen molar-refractivity contribution in [1.82, 2.24) is 5.32 Å². The maximum atomic E-state index is 11.0. The molecule has 1 aliphatic rings. The molecule has 1 aromatic rings. The molecule has 0 unspecified atom stereocenters. The number of aryl methyl sites for hydroxylation is 1. The Morgan fingerprint density at radius 1 is 1.41 bits per heavy atom. The molecular weight excluding hydrogens is 216 g/mol. The lowest BCUT2D eigenvalue weighted by Crippen LogP contribution is -2.28. The van der Waals surface area contributed by atoms with Crippen LogP contribution in [-0.2, 0) is 6.42 Å². The van der Waals surface area contributed by atoms with Gasteiger partial charge in [-0.2, -0.15) is 0 Å². The number of hydrogen-bond donors (Lipinski definition) is 1. The molecule has 4 nitrogen and oxygen atoms in total. The van der Waals surface area contributed by atoms with Crippen LogP contribution in [0.5, 0.6) is 0 Å². The van der Waals surface area contributed by atoms with Crippen molar-refractivity contribution in [3.05, 3.63) is 39.4 Å². The van der Waals surface area contributed by atoms with E-state index in [9.17, 15) is 10.1 Å². The standard InChI is InChI=1S/C13H18N2O2/c1-10-3-2-4-13(15(16)17)12(10)9-11-5-7-14-8-6-11/h2-4,11,14H,5-9H2,1H3. The maximum Gasteiger partial charge on any atom is 0.272 e. The van der Waals surface area contributed by atoms with Crippen molar-refractivity contribution in [3.63, 3.8) is 0 Å². The molecule has 0 saturated carbocycles. The van der Waals surface area contributed by atoms with Crippen LogP contribution in [0.25, 0.3) is 0 Å². The largest absolute Gasteiger partial charge is 0.317 e. The van der Waals surface area contributed by atoms with Crippen molar-refractivity contribution in [2.45, 2.75) is 26.2 Å². The zero-order valence-electron chi connectivity index (χ0n) is 10.1. The van der Waals surface area contributed by atoms with Gasteiger partial charge < -0.3 is 5.32 Å². The Morgan fingerprint density at radius 2 is 2.12 bits per heavy atom. The van der Waals surface area contributed by atoms with Crippen LogP contribution >= 0.6 is 0 Å². The van der Waals surface area contributed by atoms with Gasteiger partial charge in [-0.3, -0.25) is 10.1 Å². The molecular formula is C13H18N2O2.